The molecular formula is C12H12O3. The van der Waals surface area contributed by atoms with E-state index in [1.807, 2.05) is 30.3 Å². The number of carbonyl (C=O) groups is 2. The van der Waals surface area contributed by atoms with Crippen LogP contribution in [0, 0.1) is 5.92 Å². The molecule has 0 saturated carbocycles. The Labute approximate surface area is 88.1 Å². The number of ketones is 1. The van der Waals surface area contributed by atoms with Crippen LogP contribution in [0.1, 0.15) is 18.4 Å². The lowest BCUT2D eigenvalue weighted by Crippen LogP contribution is -2.36. The molecule has 78 valence electrons. The van der Waals surface area contributed by atoms with Gasteiger partial charge in [0.05, 0.1) is 5.92 Å². The van der Waals surface area contributed by atoms with E-state index in [9.17, 15) is 9.59 Å². The van der Waals surface area contributed by atoms with Crippen LogP contribution >= 0.6 is 0 Å². The summed E-state index contributed by atoms with van der Waals surface area (Å²) in [5.41, 5.74) is 0.918. The second kappa shape index (κ2) is 3.85. The van der Waals surface area contributed by atoms with E-state index in [1.165, 1.54) is 0 Å². The van der Waals surface area contributed by atoms with E-state index >= 15 is 0 Å². The molecule has 2 unspecified atom stereocenters. The molecule has 1 aliphatic heterocycles. The zero-order valence-electron chi connectivity index (χ0n) is 8.47. The topological polar surface area (TPSA) is 43.4 Å². The Kier molecular flexibility index (Phi) is 2.54. The first-order valence-electron chi connectivity index (χ1n) is 4.95. The highest BCUT2D eigenvalue weighted by molar-refractivity contribution is 6.03. The lowest BCUT2D eigenvalue weighted by molar-refractivity contribution is -0.158. The monoisotopic (exact) mass is 204 g/mol. The maximum atomic E-state index is 11.8. The molecule has 1 saturated heterocycles. The number of benzene rings is 1. The molecule has 1 aromatic rings. The second-order valence-electron chi connectivity index (χ2n) is 3.72. The molecule has 1 aromatic carbocycles. The van der Waals surface area contributed by atoms with E-state index in [-0.39, 0.29) is 18.3 Å². The van der Waals surface area contributed by atoms with E-state index in [0.29, 0.717) is 0 Å². The largest absolute Gasteiger partial charge is 0.464 e. The van der Waals surface area contributed by atoms with Crippen molar-refractivity contribution in [3.05, 3.63) is 35.9 Å². The summed E-state index contributed by atoms with van der Waals surface area (Å²) in [6.07, 6.45) is 0. The van der Waals surface area contributed by atoms with Gasteiger partial charge in [-0.3, -0.25) is 9.59 Å². The first-order valence-corrected chi connectivity index (χ1v) is 4.95. The molecule has 1 fully saturated rings. The highest BCUT2D eigenvalue weighted by atomic mass is 16.5. The van der Waals surface area contributed by atoms with Crippen molar-refractivity contribution in [1.29, 1.82) is 0 Å². The van der Waals surface area contributed by atoms with Crippen molar-refractivity contribution in [3.63, 3.8) is 0 Å². The van der Waals surface area contributed by atoms with Crippen molar-refractivity contribution >= 4 is 11.8 Å². The molecule has 15 heavy (non-hydrogen) atoms. The van der Waals surface area contributed by atoms with Gasteiger partial charge in [0.2, 0.25) is 0 Å². The normalized spacial score (nSPS) is 26.2. The third-order valence-electron chi connectivity index (χ3n) is 2.72. The van der Waals surface area contributed by atoms with E-state index in [4.69, 9.17) is 4.74 Å². The fourth-order valence-corrected chi connectivity index (χ4v) is 1.74. The summed E-state index contributed by atoms with van der Waals surface area (Å²) in [5.74, 6) is -1.38. The van der Waals surface area contributed by atoms with Gasteiger partial charge in [-0.2, -0.15) is 0 Å². The Morgan fingerprint density at radius 3 is 2.53 bits per heavy atom. The van der Waals surface area contributed by atoms with Crippen molar-refractivity contribution in [2.24, 2.45) is 5.92 Å². The molecule has 0 aromatic heterocycles. The zero-order valence-corrected chi connectivity index (χ0v) is 8.47. The van der Waals surface area contributed by atoms with Crippen molar-refractivity contribution in [3.8, 4) is 0 Å². The Bertz CT molecular complexity index is 383. The van der Waals surface area contributed by atoms with Gasteiger partial charge in [0.15, 0.2) is 5.78 Å². The van der Waals surface area contributed by atoms with Gasteiger partial charge >= 0.3 is 5.97 Å². The molecule has 0 aliphatic carbocycles. The molecule has 0 bridgehead atoms. The summed E-state index contributed by atoms with van der Waals surface area (Å²) in [7, 11) is 0. The predicted molar refractivity (Wildman–Crippen MR) is 54.3 cm³/mol. The first-order chi connectivity index (χ1) is 7.20. The molecule has 3 nitrogen and oxygen atoms in total. The van der Waals surface area contributed by atoms with Crippen LogP contribution in [0.4, 0.5) is 0 Å². The molecule has 0 amide bonds. The van der Waals surface area contributed by atoms with Crippen LogP contribution in [0.3, 0.4) is 0 Å². The smallest absolute Gasteiger partial charge is 0.316 e. The van der Waals surface area contributed by atoms with E-state index in [1.54, 1.807) is 6.92 Å². The standard InChI is InChI=1S/C12H12O3/c1-8-11(13)10(7-15-12(8)14)9-5-3-2-4-6-9/h2-6,8,10H,7H2,1H3. The van der Waals surface area contributed by atoms with Crippen LogP contribution < -0.4 is 0 Å². The Morgan fingerprint density at radius 2 is 1.87 bits per heavy atom. The summed E-state index contributed by atoms with van der Waals surface area (Å²) in [4.78, 5) is 23.0. The Balaban J connectivity index is 2.25. The summed E-state index contributed by atoms with van der Waals surface area (Å²) in [6.45, 7) is 1.77. The van der Waals surface area contributed by atoms with Gasteiger partial charge in [0.25, 0.3) is 0 Å². The van der Waals surface area contributed by atoms with Gasteiger partial charge in [0, 0.05) is 0 Å². The summed E-state index contributed by atoms with van der Waals surface area (Å²) in [6, 6.07) is 9.42. The number of Topliss-reactive ketones (excluding diaryl/α,β-unsaturated/α-hetero) is 1. The van der Waals surface area contributed by atoms with Crippen LogP contribution in [0.2, 0.25) is 0 Å². The Morgan fingerprint density at radius 1 is 1.20 bits per heavy atom. The zero-order chi connectivity index (χ0) is 10.8. The molecule has 3 heteroatoms. The summed E-state index contributed by atoms with van der Waals surface area (Å²) >= 11 is 0. The fraction of sp³-hybridized carbons (Fsp3) is 0.333. The average Bonchev–Trinajstić information content (AvgIpc) is 2.27. The third-order valence-corrected chi connectivity index (χ3v) is 2.72. The molecular weight excluding hydrogens is 192 g/mol. The SMILES string of the molecule is CC1C(=O)OCC(c2ccccc2)C1=O. The quantitative estimate of drug-likeness (QED) is 0.514. The van der Waals surface area contributed by atoms with E-state index in [2.05, 4.69) is 0 Å². The van der Waals surface area contributed by atoms with Gasteiger partial charge in [-0.05, 0) is 12.5 Å². The lowest BCUT2D eigenvalue weighted by Gasteiger charge is -2.24. The van der Waals surface area contributed by atoms with Gasteiger partial charge in [-0.15, -0.1) is 0 Å². The molecule has 2 atom stereocenters. The fourth-order valence-electron chi connectivity index (χ4n) is 1.74. The number of rotatable bonds is 1. The number of cyclic esters (lactones) is 1. The number of hydrogen-bond donors (Lipinski definition) is 0. The van der Waals surface area contributed by atoms with Crippen molar-refractivity contribution in [1.82, 2.24) is 0 Å². The first kappa shape index (κ1) is 9.90. The lowest BCUT2D eigenvalue weighted by atomic mass is 9.87. The number of ether oxygens (including phenoxy) is 1. The minimum atomic E-state index is -0.635. The molecule has 1 heterocycles. The number of hydrogen-bond acceptors (Lipinski definition) is 3. The highest BCUT2D eigenvalue weighted by Crippen LogP contribution is 2.25. The maximum Gasteiger partial charge on any atom is 0.316 e. The molecule has 2 rings (SSSR count). The number of carbonyl (C=O) groups excluding carboxylic acids is 2. The van der Waals surface area contributed by atoms with Gasteiger partial charge in [-0.1, -0.05) is 30.3 Å². The summed E-state index contributed by atoms with van der Waals surface area (Å²) < 4.78 is 4.97. The van der Waals surface area contributed by atoms with Crippen molar-refractivity contribution in [2.45, 2.75) is 12.8 Å². The summed E-state index contributed by atoms with van der Waals surface area (Å²) in [5, 5.41) is 0. The maximum absolute atomic E-state index is 11.8. The highest BCUT2D eigenvalue weighted by Gasteiger charge is 2.36. The molecule has 1 aliphatic rings. The molecule has 0 spiro atoms. The van der Waals surface area contributed by atoms with Crippen LogP contribution in [-0.2, 0) is 14.3 Å². The van der Waals surface area contributed by atoms with Crippen molar-refractivity contribution < 1.29 is 14.3 Å². The van der Waals surface area contributed by atoms with Crippen molar-refractivity contribution in [2.75, 3.05) is 6.61 Å². The van der Waals surface area contributed by atoms with Gasteiger partial charge < -0.3 is 4.74 Å². The van der Waals surface area contributed by atoms with Crippen LogP contribution in [-0.4, -0.2) is 18.4 Å². The predicted octanol–water partition coefficient (Wildman–Crippen LogP) is 1.53. The van der Waals surface area contributed by atoms with Crippen LogP contribution in [0.25, 0.3) is 0 Å². The second-order valence-corrected chi connectivity index (χ2v) is 3.72. The van der Waals surface area contributed by atoms with E-state index < -0.39 is 11.9 Å². The third kappa shape index (κ3) is 1.77. The van der Waals surface area contributed by atoms with Crippen LogP contribution in [0.15, 0.2) is 30.3 Å². The molecule has 0 radical (unpaired) electrons. The minimum absolute atomic E-state index is 0.0440. The van der Waals surface area contributed by atoms with E-state index in [0.717, 1.165) is 5.56 Å². The van der Waals surface area contributed by atoms with Gasteiger partial charge in [-0.25, -0.2) is 0 Å². The Hall–Kier alpha value is -1.64. The average molecular weight is 204 g/mol. The minimum Gasteiger partial charge on any atom is -0.464 e. The van der Waals surface area contributed by atoms with Crippen LogP contribution in [0.5, 0.6) is 0 Å². The van der Waals surface area contributed by atoms with Gasteiger partial charge in [0.1, 0.15) is 12.5 Å². The number of esters is 1. The molecule has 0 N–H and O–H groups in total.